The zero-order valence-corrected chi connectivity index (χ0v) is 11.2. The molecule has 1 atom stereocenters. The fourth-order valence-corrected chi connectivity index (χ4v) is 2.34. The van der Waals surface area contributed by atoms with Gasteiger partial charge >= 0.3 is 12.1 Å². The van der Waals surface area contributed by atoms with Gasteiger partial charge in [-0.15, -0.1) is 0 Å². The average molecular weight is 303 g/mol. The van der Waals surface area contributed by atoms with Gasteiger partial charge in [-0.25, -0.2) is 9.79 Å². The quantitative estimate of drug-likeness (QED) is 0.710. The number of alkyl halides is 3. The van der Waals surface area contributed by atoms with E-state index >= 15 is 0 Å². The number of allylic oxidation sites excluding steroid dienone is 3. The molecule has 2 heterocycles. The van der Waals surface area contributed by atoms with Crippen molar-refractivity contribution in [1.29, 1.82) is 0 Å². The van der Waals surface area contributed by atoms with Crippen LogP contribution >= 0.6 is 0 Å². The van der Waals surface area contributed by atoms with Gasteiger partial charge in [-0.05, 0) is 12.5 Å². The molecule has 0 spiro atoms. The van der Waals surface area contributed by atoms with Crippen LogP contribution < -0.4 is 5.32 Å². The number of piperazine rings is 1. The summed E-state index contributed by atoms with van der Waals surface area (Å²) < 4.78 is 31.7. The second kappa shape index (κ2) is 6.30. The third-order valence-corrected chi connectivity index (χ3v) is 3.39. The Kier molecular flexibility index (Phi) is 4.66. The maximum absolute atomic E-state index is 10.6. The Morgan fingerprint density at radius 2 is 2.19 bits per heavy atom. The van der Waals surface area contributed by atoms with Gasteiger partial charge in [-0.3, -0.25) is 0 Å². The van der Waals surface area contributed by atoms with E-state index in [9.17, 15) is 13.2 Å². The summed E-state index contributed by atoms with van der Waals surface area (Å²) in [6.45, 7) is 4.32. The van der Waals surface area contributed by atoms with Crippen molar-refractivity contribution < 1.29 is 23.1 Å². The monoisotopic (exact) mass is 303 g/mol. The molecule has 1 unspecified atom stereocenters. The van der Waals surface area contributed by atoms with E-state index in [2.05, 4.69) is 28.4 Å². The van der Waals surface area contributed by atoms with Crippen molar-refractivity contribution in [2.24, 2.45) is 10.9 Å². The molecule has 3 rings (SSSR count). The summed E-state index contributed by atoms with van der Waals surface area (Å²) in [5.41, 5.74) is 1.28. The number of halogens is 3. The Morgan fingerprint density at radius 3 is 2.86 bits per heavy atom. The van der Waals surface area contributed by atoms with Gasteiger partial charge in [-0.2, -0.15) is 13.2 Å². The highest BCUT2D eigenvalue weighted by Crippen LogP contribution is 2.27. The highest BCUT2D eigenvalue weighted by Gasteiger charge is 2.38. The molecule has 21 heavy (non-hydrogen) atoms. The highest BCUT2D eigenvalue weighted by atomic mass is 19.4. The number of carboxylic acid groups (broad SMARTS) is 1. The SMILES string of the molecule is C1=CCC2CN3CCNCC3=NC2=C1.O=C(O)C(F)(F)F. The van der Waals surface area contributed by atoms with E-state index in [1.807, 2.05) is 0 Å². The summed E-state index contributed by atoms with van der Waals surface area (Å²) >= 11 is 0. The van der Waals surface area contributed by atoms with Crippen molar-refractivity contribution >= 4 is 11.8 Å². The third-order valence-electron chi connectivity index (χ3n) is 3.39. The van der Waals surface area contributed by atoms with Crippen LogP contribution in [-0.4, -0.2) is 54.2 Å². The maximum atomic E-state index is 10.6. The van der Waals surface area contributed by atoms with Crippen LogP contribution in [0.15, 0.2) is 28.9 Å². The first-order valence-corrected chi connectivity index (χ1v) is 6.58. The summed E-state index contributed by atoms with van der Waals surface area (Å²) in [7, 11) is 0. The van der Waals surface area contributed by atoms with Gasteiger partial charge in [0.25, 0.3) is 0 Å². The summed E-state index contributed by atoms with van der Waals surface area (Å²) in [4.78, 5) is 16.0. The first kappa shape index (κ1) is 15.6. The molecule has 0 radical (unpaired) electrons. The van der Waals surface area contributed by atoms with Crippen LogP contribution in [0.3, 0.4) is 0 Å². The van der Waals surface area contributed by atoms with Crippen molar-refractivity contribution in [3.05, 3.63) is 23.9 Å². The Labute approximate surface area is 119 Å². The zero-order valence-electron chi connectivity index (χ0n) is 11.2. The minimum Gasteiger partial charge on any atom is -0.475 e. The summed E-state index contributed by atoms with van der Waals surface area (Å²) in [6.07, 6.45) is 2.61. The van der Waals surface area contributed by atoms with E-state index in [1.54, 1.807) is 0 Å². The molecule has 2 N–H and O–H groups in total. The van der Waals surface area contributed by atoms with Gasteiger partial charge in [0.05, 0.1) is 6.54 Å². The van der Waals surface area contributed by atoms with E-state index < -0.39 is 12.1 Å². The minimum absolute atomic E-state index is 0.641. The second-order valence-corrected chi connectivity index (χ2v) is 4.91. The van der Waals surface area contributed by atoms with Crippen molar-refractivity contribution in [2.45, 2.75) is 12.6 Å². The predicted octanol–water partition coefficient (Wildman–Crippen LogP) is 1.40. The average Bonchev–Trinajstić information content (AvgIpc) is 2.44. The van der Waals surface area contributed by atoms with Crippen molar-refractivity contribution in [2.75, 3.05) is 26.2 Å². The lowest BCUT2D eigenvalue weighted by Crippen LogP contribution is -2.51. The normalized spacial score (nSPS) is 24.0. The Bertz CT molecular complexity index is 497. The fraction of sp³-hybridized carbons (Fsp3) is 0.538. The molecule has 0 aromatic carbocycles. The number of fused-ring (bicyclic) bond motifs is 2. The lowest BCUT2D eigenvalue weighted by Gasteiger charge is -2.38. The molecule has 5 nitrogen and oxygen atoms in total. The molecular formula is C13H16F3N3O2. The van der Waals surface area contributed by atoms with E-state index in [0.29, 0.717) is 5.92 Å². The molecule has 1 aliphatic carbocycles. The molecule has 0 amide bonds. The van der Waals surface area contributed by atoms with Gasteiger partial charge < -0.3 is 15.3 Å². The van der Waals surface area contributed by atoms with E-state index in [-0.39, 0.29) is 0 Å². The summed E-state index contributed by atoms with van der Waals surface area (Å²) in [5, 5.41) is 10.5. The molecule has 1 saturated heterocycles. The number of aliphatic carboxylic acids is 1. The molecule has 8 heteroatoms. The molecule has 2 aliphatic heterocycles. The van der Waals surface area contributed by atoms with E-state index in [4.69, 9.17) is 14.9 Å². The largest absolute Gasteiger partial charge is 0.490 e. The van der Waals surface area contributed by atoms with Crippen LogP contribution in [-0.2, 0) is 4.79 Å². The molecule has 3 aliphatic rings. The number of hydrogen-bond donors (Lipinski definition) is 2. The molecule has 0 aromatic rings. The zero-order chi connectivity index (χ0) is 15.5. The number of hydrogen-bond acceptors (Lipinski definition) is 4. The van der Waals surface area contributed by atoms with Crippen LogP contribution in [0, 0.1) is 5.92 Å². The summed E-state index contributed by atoms with van der Waals surface area (Å²) in [6, 6.07) is 0. The lowest BCUT2D eigenvalue weighted by molar-refractivity contribution is -0.192. The molecule has 0 aromatic heterocycles. The van der Waals surface area contributed by atoms with Gasteiger partial charge in [0.15, 0.2) is 0 Å². The topological polar surface area (TPSA) is 64.9 Å². The van der Waals surface area contributed by atoms with Gasteiger partial charge in [0.1, 0.15) is 5.84 Å². The lowest BCUT2D eigenvalue weighted by atomic mass is 9.94. The van der Waals surface area contributed by atoms with Crippen LogP contribution in [0.1, 0.15) is 6.42 Å². The smallest absolute Gasteiger partial charge is 0.475 e. The molecule has 116 valence electrons. The first-order chi connectivity index (χ1) is 9.88. The van der Waals surface area contributed by atoms with Crippen LogP contribution in [0.2, 0.25) is 0 Å². The maximum Gasteiger partial charge on any atom is 0.490 e. The number of aliphatic imine (C=N–C) groups is 1. The number of amidine groups is 1. The number of carboxylic acids is 1. The fourth-order valence-electron chi connectivity index (χ4n) is 2.34. The Hall–Kier alpha value is -1.83. The highest BCUT2D eigenvalue weighted by molar-refractivity contribution is 5.86. The number of nitrogens with zero attached hydrogens (tertiary/aromatic N) is 2. The second-order valence-electron chi connectivity index (χ2n) is 4.91. The van der Waals surface area contributed by atoms with Gasteiger partial charge in [0.2, 0.25) is 0 Å². The molecule has 1 fully saturated rings. The third kappa shape index (κ3) is 4.07. The Balaban J connectivity index is 0.000000199. The minimum atomic E-state index is -5.08. The Morgan fingerprint density at radius 1 is 1.48 bits per heavy atom. The van der Waals surface area contributed by atoms with E-state index in [1.165, 1.54) is 11.5 Å². The number of nitrogens with one attached hydrogen (secondary N) is 1. The van der Waals surface area contributed by atoms with Crippen molar-refractivity contribution in [3.8, 4) is 0 Å². The first-order valence-electron chi connectivity index (χ1n) is 6.58. The van der Waals surface area contributed by atoms with E-state index in [0.717, 1.165) is 32.6 Å². The molecule has 0 bridgehead atoms. The molecule has 0 saturated carbocycles. The number of rotatable bonds is 0. The van der Waals surface area contributed by atoms with Crippen LogP contribution in [0.5, 0.6) is 0 Å². The summed E-state index contributed by atoms with van der Waals surface area (Å²) in [5.74, 6) is -0.886. The predicted molar refractivity (Wildman–Crippen MR) is 70.9 cm³/mol. The van der Waals surface area contributed by atoms with Crippen molar-refractivity contribution in [3.63, 3.8) is 0 Å². The van der Waals surface area contributed by atoms with Gasteiger partial charge in [0, 0.05) is 31.2 Å². The standard InChI is InChI=1S/C11H15N3.C2HF3O2/c1-2-4-10-9(3-1)8-14-6-5-12-7-11(14)13-10;3-2(4,5)1(6)7/h1-2,4,9,12H,3,5-8H2;(H,6,7). The molecular weight excluding hydrogens is 287 g/mol. The van der Waals surface area contributed by atoms with Crippen LogP contribution in [0.4, 0.5) is 13.2 Å². The number of carbonyl (C=O) groups is 1. The van der Waals surface area contributed by atoms with Crippen molar-refractivity contribution in [1.82, 2.24) is 10.2 Å². The van der Waals surface area contributed by atoms with Gasteiger partial charge in [-0.1, -0.05) is 12.2 Å². The van der Waals surface area contributed by atoms with Crippen LogP contribution in [0.25, 0.3) is 0 Å².